The first kappa shape index (κ1) is 46.1. The van der Waals surface area contributed by atoms with Crippen LogP contribution in [0.1, 0.15) is 138 Å². The van der Waals surface area contributed by atoms with Gasteiger partial charge in [-0.3, -0.25) is 4.79 Å². The van der Waals surface area contributed by atoms with Crippen molar-refractivity contribution in [3.63, 3.8) is 0 Å². The SMILES string of the molecule is CCCCCC[C@@H](OC(=O)C1CCc2cc(OC(=O)c3ccc(-c4ccc(OCCCCCCCCCC[Si](C)(C)CCCC)cc4)cc3)ccc2C1)C(F)(F)F. The minimum absolute atomic E-state index is 0.210. The van der Waals surface area contributed by atoms with Crippen LogP contribution < -0.4 is 9.47 Å². The van der Waals surface area contributed by atoms with Crippen LogP contribution in [0, 0.1) is 5.92 Å². The third kappa shape index (κ3) is 16.3. The molecular formula is C48H67F3O5Si. The molecule has 3 aromatic carbocycles. The van der Waals surface area contributed by atoms with Crippen molar-refractivity contribution in [1.29, 1.82) is 0 Å². The summed E-state index contributed by atoms with van der Waals surface area (Å²) in [6, 6.07) is 23.5. The molecule has 314 valence electrons. The highest BCUT2D eigenvalue weighted by Crippen LogP contribution is 2.33. The molecule has 0 saturated carbocycles. The number of alkyl halides is 3. The van der Waals surface area contributed by atoms with Gasteiger partial charge in [0, 0.05) is 8.07 Å². The van der Waals surface area contributed by atoms with E-state index in [4.69, 9.17) is 14.2 Å². The van der Waals surface area contributed by atoms with Gasteiger partial charge in [0.15, 0.2) is 6.10 Å². The Morgan fingerprint density at radius 1 is 0.702 bits per heavy atom. The topological polar surface area (TPSA) is 61.8 Å². The van der Waals surface area contributed by atoms with Crippen LogP contribution in [0.3, 0.4) is 0 Å². The van der Waals surface area contributed by atoms with Gasteiger partial charge in [-0.15, -0.1) is 0 Å². The van der Waals surface area contributed by atoms with E-state index < -0.39 is 38.2 Å². The first-order valence-corrected chi connectivity index (χ1v) is 25.2. The van der Waals surface area contributed by atoms with Gasteiger partial charge in [-0.1, -0.05) is 146 Å². The summed E-state index contributed by atoms with van der Waals surface area (Å²) in [6.07, 6.45) is 10.2. The number of rotatable bonds is 25. The number of hydrogen-bond acceptors (Lipinski definition) is 5. The second-order valence-corrected chi connectivity index (χ2v) is 22.2. The van der Waals surface area contributed by atoms with E-state index in [-0.39, 0.29) is 12.8 Å². The molecule has 0 amide bonds. The van der Waals surface area contributed by atoms with Crippen LogP contribution >= 0.6 is 0 Å². The maximum Gasteiger partial charge on any atom is 0.425 e. The maximum absolute atomic E-state index is 13.6. The van der Waals surface area contributed by atoms with Crippen LogP contribution in [0.2, 0.25) is 25.2 Å². The van der Waals surface area contributed by atoms with Crippen molar-refractivity contribution in [2.75, 3.05) is 6.61 Å². The fourth-order valence-electron chi connectivity index (χ4n) is 7.72. The minimum Gasteiger partial charge on any atom is -0.494 e. The molecule has 0 spiro atoms. The van der Waals surface area contributed by atoms with Gasteiger partial charge in [0.1, 0.15) is 11.5 Å². The smallest absolute Gasteiger partial charge is 0.425 e. The van der Waals surface area contributed by atoms with Crippen molar-refractivity contribution < 1.29 is 37.0 Å². The summed E-state index contributed by atoms with van der Waals surface area (Å²) >= 11 is 0. The van der Waals surface area contributed by atoms with Crippen LogP contribution in [0.5, 0.6) is 11.5 Å². The molecule has 0 fully saturated rings. The van der Waals surface area contributed by atoms with Gasteiger partial charge in [0.05, 0.1) is 18.1 Å². The van der Waals surface area contributed by atoms with E-state index in [1.54, 1.807) is 30.3 Å². The summed E-state index contributed by atoms with van der Waals surface area (Å²) in [6.45, 7) is 10.1. The Morgan fingerprint density at radius 2 is 1.28 bits per heavy atom. The predicted octanol–water partition coefficient (Wildman–Crippen LogP) is 14.1. The van der Waals surface area contributed by atoms with Gasteiger partial charge in [-0.25, -0.2) is 4.79 Å². The van der Waals surface area contributed by atoms with Crippen LogP contribution in [0.4, 0.5) is 13.2 Å². The molecule has 0 N–H and O–H groups in total. The monoisotopic (exact) mass is 808 g/mol. The van der Waals surface area contributed by atoms with Crippen LogP contribution in [0.25, 0.3) is 11.1 Å². The second kappa shape index (κ2) is 23.7. The van der Waals surface area contributed by atoms with E-state index in [2.05, 4.69) is 20.0 Å². The van der Waals surface area contributed by atoms with Crippen LogP contribution in [0.15, 0.2) is 66.7 Å². The lowest BCUT2D eigenvalue weighted by molar-refractivity contribution is -0.225. The van der Waals surface area contributed by atoms with E-state index in [0.29, 0.717) is 37.0 Å². The number of fused-ring (bicyclic) bond motifs is 1. The van der Waals surface area contributed by atoms with E-state index in [1.807, 2.05) is 43.3 Å². The largest absolute Gasteiger partial charge is 0.494 e. The molecule has 0 saturated heterocycles. The highest BCUT2D eigenvalue weighted by atomic mass is 28.3. The van der Waals surface area contributed by atoms with Gasteiger partial charge in [-0.2, -0.15) is 13.2 Å². The van der Waals surface area contributed by atoms with E-state index in [0.717, 1.165) is 53.9 Å². The van der Waals surface area contributed by atoms with Crippen molar-refractivity contribution >= 4 is 20.0 Å². The summed E-state index contributed by atoms with van der Waals surface area (Å²) < 4.78 is 57.5. The lowest BCUT2D eigenvalue weighted by atomic mass is 9.84. The molecule has 1 aliphatic carbocycles. The summed E-state index contributed by atoms with van der Waals surface area (Å²) in [4.78, 5) is 25.8. The third-order valence-electron chi connectivity index (χ3n) is 11.4. The maximum atomic E-state index is 13.6. The van der Waals surface area contributed by atoms with Crippen molar-refractivity contribution in [2.45, 2.75) is 167 Å². The predicted molar refractivity (Wildman–Crippen MR) is 228 cm³/mol. The van der Waals surface area contributed by atoms with E-state index in [9.17, 15) is 22.8 Å². The Hall–Kier alpha value is -3.59. The van der Waals surface area contributed by atoms with E-state index in [1.165, 1.54) is 69.9 Å². The summed E-state index contributed by atoms with van der Waals surface area (Å²) in [7, 11) is -0.950. The molecule has 0 bridgehead atoms. The van der Waals surface area contributed by atoms with Gasteiger partial charge in [0.25, 0.3) is 0 Å². The molecule has 5 nitrogen and oxygen atoms in total. The Morgan fingerprint density at radius 3 is 1.93 bits per heavy atom. The average molecular weight is 809 g/mol. The zero-order valence-electron chi connectivity index (χ0n) is 35.0. The summed E-state index contributed by atoms with van der Waals surface area (Å²) in [5, 5.41) is 0. The van der Waals surface area contributed by atoms with Gasteiger partial charge >= 0.3 is 18.1 Å². The Labute approximate surface area is 341 Å². The standard InChI is InChI=1S/C48H67F3O5Si/c1-5-7-9-16-19-45(48(49,50)51)56-47(53)42-25-24-41-36-44(31-28-40(41)35-42)55-46(52)39-22-20-37(21-23-39)38-26-29-43(30-27-38)54-32-17-14-12-10-11-13-15-18-34-57(3,4)33-8-6-2/h20-23,26-31,36,42,45H,5-19,24-25,32-35H2,1-4H3/t42?,45-/m1/s1. The number of ether oxygens (including phenoxy) is 3. The normalized spacial score (nSPS) is 14.8. The zero-order valence-corrected chi connectivity index (χ0v) is 36.0. The summed E-state index contributed by atoms with van der Waals surface area (Å²) in [5.41, 5.74) is 4.16. The molecule has 1 unspecified atom stereocenters. The van der Waals surface area contributed by atoms with Crippen molar-refractivity contribution in [3.05, 3.63) is 83.4 Å². The highest BCUT2D eigenvalue weighted by molar-refractivity contribution is 6.77. The Bertz CT molecular complexity index is 1640. The van der Waals surface area contributed by atoms with Gasteiger partial charge in [0.2, 0.25) is 0 Å². The number of esters is 2. The zero-order chi connectivity index (χ0) is 41.1. The van der Waals surface area contributed by atoms with Crippen LogP contribution in [-0.4, -0.2) is 38.9 Å². The number of aryl methyl sites for hydroxylation is 1. The third-order valence-corrected chi connectivity index (χ3v) is 14.8. The second-order valence-electron chi connectivity index (χ2n) is 16.9. The number of carbonyl (C=O) groups is 2. The molecule has 3 aromatic rings. The number of unbranched alkanes of at least 4 members (excludes halogenated alkanes) is 11. The van der Waals surface area contributed by atoms with Gasteiger partial charge in [-0.05, 0) is 97.2 Å². The quantitative estimate of drug-likeness (QED) is 0.0369. The van der Waals surface area contributed by atoms with Crippen molar-refractivity contribution in [2.24, 2.45) is 5.92 Å². The first-order valence-electron chi connectivity index (χ1n) is 21.8. The molecule has 2 atom stereocenters. The molecular weight excluding hydrogens is 742 g/mol. The van der Waals surface area contributed by atoms with Crippen LogP contribution in [-0.2, 0) is 22.4 Å². The molecule has 4 rings (SSSR count). The molecule has 0 radical (unpaired) electrons. The van der Waals surface area contributed by atoms with Crippen molar-refractivity contribution in [1.82, 2.24) is 0 Å². The fraction of sp³-hybridized carbons (Fsp3) is 0.583. The molecule has 0 aromatic heterocycles. The molecule has 0 aliphatic heterocycles. The lowest BCUT2D eigenvalue weighted by Crippen LogP contribution is -2.37. The number of benzene rings is 3. The first-order chi connectivity index (χ1) is 27.4. The fourth-order valence-corrected chi connectivity index (χ4v) is 10.5. The van der Waals surface area contributed by atoms with Crippen molar-refractivity contribution in [3.8, 4) is 22.6 Å². The minimum atomic E-state index is -4.58. The molecule has 0 heterocycles. The Kier molecular flexibility index (Phi) is 19.2. The van der Waals surface area contributed by atoms with Gasteiger partial charge < -0.3 is 14.2 Å². The molecule has 57 heavy (non-hydrogen) atoms. The van der Waals surface area contributed by atoms with E-state index >= 15 is 0 Å². The number of halogens is 3. The highest BCUT2D eigenvalue weighted by Gasteiger charge is 2.43. The molecule has 9 heteroatoms. The average Bonchev–Trinajstić information content (AvgIpc) is 3.20. The number of hydrogen-bond donors (Lipinski definition) is 0. The Balaban J connectivity index is 1.14. The molecule has 1 aliphatic rings. The lowest BCUT2D eigenvalue weighted by Gasteiger charge is -2.27. The summed E-state index contributed by atoms with van der Waals surface area (Å²) in [5.74, 6) is -0.691. The number of carbonyl (C=O) groups excluding carboxylic acids is 2.